The van der Waals surface area contributed by atoms with Crippen LogP contribution >= 0.6 is 28.1 Å². The fourth-order valence-electron chi connectivity index (χ4n) is 2.58. The molecular weight excluding hydrogens is 296 g/mol. The van der Waals surface area contributed by atoms with E-state index < -0.39 is 0 Å². The Morgan fingerprint density at radius 3 is 2.94 bits per heavy atom. The number of hydrogen-bond acceptors (Lipinski definition) is 3. The van der Waals surface area contributed by atoms with Crippen LogP contribution in [0.4, 0.5) is 0 Å². The number of hydrogen-bond donors (Lipinski definition) is 2. The summed E-state index contributed by atoms with van der Waals surface area (Å²) >= 11 is 8.57. The van der Waals surface area contributed by atoms with Crippen molar-refractivity contribution in [1.29, 1.82) is 0 Å². The fraction of sp³-hybridized carbons (Fsp3) is 0.308. The molecule has 1 aliphatic heterocycles. The van der Waals surface area contributed by atoms with E-state index in [2.05, 4.69) is 51.0 Å². The van der Waals surface area contributed by atoms with Gasteiger partial charge in [0.1, 0.15) is 6.17 Å². The molecular formula is C13H13BrN2S. The molecule has 2 aliphatic rings. The summed E-state index contributed by atoms with van der Waals surface area (Å²) in [6.07, 6.45) is 4.39. The summed E-state index contributed by atoms with van der Waals surface area (Å²) in [6.45, 7) is 0. The van der Waals surface area contributed by atoms with Crippen molar-refractivity contribution in [2.24, 2.45) is 5.92 Å². The first-order valence-electron chi connectivity index (χ1n) is 5.72. The summed E-state index contributed by atoms with van der Waals surface area (Å²) in [4.78, 5) is 0. The molecule has 1 aliphatic carbocycles. The van der Waals surface area contributed by atoms with Gasteiger partial charge in [-0.2, -0.15) is 0 Å². The maximum absolute atomic E-state index is 4.94. The molecule has 3 rings (SSSR count). The summed E-state index contributed by atoms with van der Waals surface area (Å²) in [5.41, 5.74) is 4.18. The standard InChI is InChI=1S/C13H13BrN2S/c14-11-3-1-2-8-4-9(5-10(8)11)12-6-15-13(7-17)16-12/h1-3,6-7,9,13,15-16H,4-5H2. The molecule has 0 saturated carbocycles. The molecule has 4 heteroatoms. The average molecular weight is 309 g/mol. The molecule has 2 unspecified atom stereocenters. The van der Waals surface area contributed by atoms with Crippen molar-refractivity contribution < 1.29 is 0 Å². The van der Waals surface area contributed by atoms with E-state index in [9.17, 15) is 0 Å². The van der Waals surface area contributed by atoms with Crippen LogP contribution in [0.5, 0.6) is 0 Å². The lowest BCUT2D eigenvalue weighted by Gasteiger charge is -2.13. The monoisotopic (exact) mass is 308 g/mol. The number of benzene rings is 1. The highest BCUT2D eigenvalue weighted by atomic mass is 79.9. The lowest BCUT2D eigenvalue weighted by Crippen LogP contribution is -2.34. The van der Waals surface area contributed by atoms with Gasteiger partial charge < -0.3 is 10.6 Å². The SMILES string of the molecule is S=CC1NC=C(C2Cc3cccc(Br)c3C2)N1. The van der Waals surface area contributed by atoms with Gasteiger partial charge in [0.15, 0.2) is 0 Å². The van der Waals surface area contributed by atoms with E-state index in [1.807, 2.05) is 0 Å². The average Bonchev–Trinajstić information content (AvgIpc) is 2.95. The summed E-state index contributed by atoms with van der Waals surface area (Å²) in [5, 5.41) is 8.37. The van der Waals surface area contributed by atoms with Gasteiger partial charge >= 0.3 is 0 Å². The van der Waals surface area contributed by atoms with E-state index in [1.54, 1.807) is 5.37 Å². The molecule has 88 valence electrons. The fourth-order valence-corrected chi connectivity index (χ4v) is 3.29. The van der Waals surface area contributed by atoms with Crippen molar-refractivity contribution in [2.45, 2.75) is 19.0 Å². The van der Waals surface area contributed by atoms with Gasteiger partial charge in [-0.05, 0) is 30.0 Å². The number of nitrogens with one attached hydrogen (secondary N) is 2. The zero-order valence-electron chi connectivity index (χ0n) is 9.24. The molecule has 0 bridgehead atoms. The van der Waals surface area contributed by atoms with E-state index >= 15 is 0 Å². The highest BCUT2D eigenvalue weighted by Gasteiger charge is 2.28. The quantitative estimate of drug-likeness (QED) is 0.821. The Hall–Kier alpha value is -0.870. The van der Waals surface area contributed by atoms with Gasteiger partial charge in [-0.3, -0.25) is 0 Å². The molecule has 0 fully saturated rings. The second-order valence-corrected chi connectivity index (χ2v) is 5.63. The molecule has 2 atom stereocenters. The highest BCUT2D eigenvalue weighted by Crippen LogP contribution is 2.35. The number of thiocarbonyl (C=S) groups is 1. The van der Waals surface area contributed by atoms with Crippen LogP contribution in [0.15, 0.2) is 34.6 Å². The first-order valence-corrected chi connectivity index (χ1v) is 6.98. The molecule has 17 heavy (non-hydrogen) atoms. The lowest BCUT2D eigenvalue weighted by atomic mass is 10.0. The predicted molar refractivity (Wildman–Crippen MR) is 76.8 cm³/mol. The largest absolute Gasteiger partial charge is 0.366 e. The highest BCUT2D eigenvalue weighted by molar-refractivity contribution is 9.10. The Bertz CT molecular complexity index is 498. The van der Waals surface area contributed by atoms with Crippen molar-refractivity contribution in [3.63, 3.8) is 0 Å². The molecule has 0 saturated heterocycles. The minimum Gasteiger partial charge on any atom is -0.366 e. The van der Waals surface area contributed by atoms with Crippen molar-refractivity contribution in [1.82, 2.24) is 10.6 Å². The number of rotatable bonds is 2. The van der Waals surface area contributed by atoms with E-state index in [0.717, 1.165) is 12.8 Å². The minimum atomic E-state index is 0.118. The van der Waals surface area contributed by atoms with Gasteiger partial charge in [0.2, 0.25) is 0 Å². The van der Waals surface area contributed by atoms with Crippen LogP contribution in [0.25, 0.3) is 0 Å². The van der Waals surface area contributed by atoms with Crippen LogP contribution in [0.3, 0.4) is 0 Å². The third-order valence-corrected chi connectivity index (χ3v) is 4.46. The summed E-state index contributed by atoms with van der Waals surface area (Å²) in [5.74, 6) is 0.552. The molecule has 0 aromatic heterocycles. The van der Waals surface area contributed by atoms with E-state index in [-0.39, 0.29) is 6.17 Å². The predicted octanol–water partition coefficient (Wildman–Crippen LogP) is 2.52. The Labute approximate surface area is 115 Å². The Kier molecular flexibility index (Phi) is 2.92. The molecule has 0 spiro atoms. The Balaban J connectivity index is 1.79. The topological polar surface area (TPSA) is 24.1 Å². The molecule has 1 aromatic carbocycles. The van der Waals surface area contributed by atoms with Crippen molar-refractivity contribution >= 4 is 33.5 Å². The van der Waals surface area contributed by atoms with Crippen LogP contribution < -0.4 is 10.6 Å². The smallest absolute Gasteiger partial charge is 0.126 e. The minimum absolute atomic E-state index is 0.118. The first-order chi connectivity index (χ1) is 8.28. The van der Waals surface area contributed by atoms with Crippen LogP contribution in [0.1, 0.15) is 11.1 Å². The van der Waals surface area contributed by atoms with Crippen LogP contribution in [-0.2, 0) is 12.8 Å². The zero-order chi connectivity index (χ0) is 11.8. The van der Waals surface area contributed by atoms with E-state index in [4.69, 9.17) is 12.2 Å². The van der Waals surface area contributed by atoms with Crippen molar-refractivity contribution in [3.8, 4) is 0 Å². The Morgan fingerprint density at radius 1 is 1.35 bits per heavy atom. The van der Waals surface area contributed by atoms with E-state index in [0.29, 0.717) is 5.92 Å². The van der Waals surface area contributed by atoms with Crippen LogP contribution in [0, 0.1) is 5.92 Å². The molecule has 0 radical (unpaired) electrons. The molecule has 1 aromatic rings. The Morgan fingerprint density at radius 2 is 2.24 bits per heavy atom. The van der Waals surface area contributed by atoms with Gasteiger partial charge in [0.05, 0.1) is 0 Å². The number of fused-ring (bicyclic) bond motifs is 1. The van der Waals surface area contributed by atoms with Gasteiger partial charge in [0, 0.05) is 27.7 Å². The van der Waals surface area contributed by atoms with Crippen LogP contribution in [0.2, 0.25) is 0 Å². The molecule has 2 nitrogen and oxygen atoms in total. The zero-order valence-corrected chi connectivity index (χ0v) is 11.6. The normalized spacial score (nSPS) is 25.8. The van der Waals surface area contributed by atoms with Gasteiger partial charge in [-0.15, -0.1) is 0 Å². The van der Waals surface area contributed by atoms with E-state index in [1.165, 1.54) is 21.3 Å². The van der Waals surface area contributed by atoms with Crippen LogP contribution in [-0.4, -0.2) is 11.5 Å². The second-order valence-electron chi connectivity index (χ2n) is 4.51. The van der Waals surface area contributed by atoms with Crippen molar-refractivity contribution in [2.75, 3.05) is 0 Å². The second kappa shape index (κ2) is 4.42. The molecule has 0 amide bonds. The van der Waals surface area contributed by atoms with Crippen molar-refractivity contribution in [3.05, 3.63) is 45.7 Å². The number of halogens is 1. The summed E-state index contributed by atoms with van der Waals surface area (Å²) < 4.78 is 1.23. The molecule has 2 N–H and O–H groups in total. The number of allylic oxidation sites excluding steroid dienone is 1. The molecule has 1 heterocycles. The van der Waals surface area contributed by atoms with Gasteiger partial charge in [0.25, 0.3) is 0 Å². The third kappa shape index (κ3) is 2.00. The summed E-state index contributed by atoms with van der Waals surface area (Å²) in [6, 6.07) is 6.45. The maximum Gasteiger partial charge on any atom is 0.126 e. The van der Waals surface area contributed by atoms with Gasteiger partial charge in [-0.25, -0.2) is 0 Å². The van der Waals surface area contributed by atoms with Gasteiger partial charge in [-0.1, -0.05) is 40.3 Å². The summed E-state index contributed by atoms with van der Waals surface area (Å²) in [7, 11) is 0. The maximum atomic E-state index is 4.94. The lowest BCUT2D eigenvalue weighted by molar-refractivity contribution is 0.591. The third-order valence-electron chi connectivity index (χ3n) is 3.45. The first kappa shape index (κ1) is 11.2.